The average molecular weight is 411 g/mol. The summed E-state index contributed by atoms with van der Waals surface area (Å²) < 4.78 is 0. The van der Waals surface area contributed by atoms with Crippen molar-refractivity contribution in [3.63, 3.8) is 0 Å². The van der Waals surface area contributed by atoms with Crippen LogP contribution in [0.3, 0.4) is 0 Å². The summed E-state index contributed by atoms with van der Waals surface area (Å²) >= 11 is 0. The van der Waals surface area contributed by atoms with Gasteiger partial charge in [0.15, 0.2) is 0 Å². The molecule has 0 aliphatic carbocycles. The number of nitrogens with one attached hydrogen (secondary N) is 1. The zero-order chi connectivity index (χ0) is 21.0. The van der Waals surface area contributed by atoms with Gasteiger partial charge in [0.1, 0.15) is 5.82 Å². The van der Waals surface area contributed by atoms with Crippen molar-refractivity contribution in [2.45, 2.75) is 19.3 Å². The second-order valence-electron chi connectivity index (χ2n) is 8.55. The molecule has 0 bridgehead atoms. The van der Waals surface area contributed by atoms with Gasteiger partial charge in [-0.05, 0) is 73.5 Å². The number of H-pyrrole nitrogens is 1. The molecule has 1 aromatic heterocycles. The molecular formula is C27H30N4. The van der Waals surface area contributed by atoms with Crippen LogP contribution in [0.1, 0.15) is 19.3 Å². The van der Waals surface area contributed by atoms with E-state index in [1.165, 1.54) is 49.2 Å². The zero-order valence-electron chi connectivity index (χ0n) is 18.2. The SMILES string of the molecule is CN(CCN1CCCCC1)c1ccc(-c2nc3ccc(-c4ccccc4)cc3[nH]2)cc1. The van der Waals surface area contributed by atoms with Gasteiger partial charge in [-0.3, -0.25) is 0 Å². The van der Waals surface area contributed by atoms with E-state index in [1.807, 2.05) is 6.07 Å². The molecular weight excluding hydrogens is 380 g/mol. The Labute approximate surface area is 184 Å². The third-order valence-electron chi connectivity index (χ3n) is 6.37. The Balaban J connectivity index is 1.29. The summed E-state index contributed by atoms with van der Waals surface area (Å²) in [5.41, 5.74) is 6.86. The molecule has 1 N–H and O–H groups in total. The molecule has 1 aliphatic rings. The smallest absolute Gasteiger partial charge is 0.138 e. The first-order valence-electron chi connectivity index (χ1n) is 11.4. The monoisotopic (exact) mass is 410 g/mol. The number of piperidine rings is 1. The van der Waals surface area contributed by atoms with Gasteiger partial charge in [0, 0.05) is 31.4 Å². The lowest BCUT2D eigenvalue weighted by Gasteiger charge is -2.29. The van der Waals surface area contributed by atoms with E-state index in [2.05, 4.69) is 88.6 Å². The van der Waals surface area contributed by atoms with Crippen LogP contribution in [0.5, 0.6) is 0 Å². The molecule has 0 saturated carbocycles. The average Bonchev–Trinajstić information content (AvgIpc) is 3.27. The molecule has 5 rings (SSSR count). The van der Waals surface area contributed by atoms with Gasteiger partial charge in [-0.25, -0.2) is 4.98 Å². The Kier molecular flexibility index (Phi) is 5.72. The van der Waals surface area contributed by atoms with Crippen molar-refractivity contribution in [3.05, 3.63) is 72.8 Å². The number of likely N-dealkylation sites (tertiary alicyclic amines) is 1. The molecule has 0 spiro atoms. The zero-order valence-corrected chi connectivity index (χ0v) is 18.2. The van der Waals surface area contributed by atoms with Gasteiger partial charge in [-0.2, -0.15) is 0 Å². The van der Waals surface area contributed by atoms with Gasteiger partial charge in [0.2, 0.25) is 0 Å². The Morgan fingerprint density at radius 1 is 0.839 bits per heavy atom. The predicted octanol–water partition coefficient (Wildman–Crippen LogP) is 5.82. The van der Waals surface area contributed by atoms with Crippen LogP contribution in [0.15, 0.2) is 72.8 Å². The lowest BCUT2D eigenvalue weighted by atomic mass is 10.1. The number of aromatic nitrogens is 2. The highest BCUT2D eigenvalue weighted by Crippen LogP contribution is 2.27. The van der Waals surface area contributed by atoms with Crippen LogP contribution in [0.4, 0.5) is 5.69 Å². The standard InChI is InChI=1S/C27H30N4/c1-30(18-19-31-16-6-3-7-17-31)24-13-10-22(11-14-24)27-28-25-15-12-23(20-26(25)29-27)21-8-4-2-5-9-21/h2,4-5,8-15,20H,3,6-7,16-19H2,1H3,(H,28,29). The fourth-order valence-corrected chi connectivity index (χ4v) is 4.43. The Hall–Kier alpha value is -3.11. The van der Waals surface area contributed by atoms with E-state index in [4.69, 9.17) is 4.98 Å². The quantitative estimate of drug-likeness (QED) is 0.435. The summed E-state index contributed by atoms with van der Waals surface area (Å²) in [6.07, 6.45) is 4.09. The highest BCUT2D eigenvalue weighted by Gasteiger charge is 2.12. The third-order valence-corrected chi connectivity index (χ3v) is 6.37. The maximum absolute atomic E-state index is 4.81. The van der Waals surface area contributed by atoms with E-state index in [0.29, 0.717) is 0 Å². The van der Waals surface area contributed by atoms with Crippen molar-refractivity contribution < 1.29 is 0 Å². The van der Waals surface area contributed by atoms with Crippen molar-refractivity contribution in [1.82, 2.24) is 14.9 Å². The van der Waals surface area contributed by atoms with Crippen LogP contribution in [0, 0.1) is 0 Å². The summed E-state index contributed by atoms with van der Waals surface area (Å²) in [6, 6.07) is 25.6. The summed E-state index contributed by atoms with van der Waals surface area (Å²) in [4.78, 5) is 13.3. The maximum Gasteiger partial charge on any atom is 0.138 e. The number of likely N-dealkylation sites (N-methyl/N-ethyl adjacent to an activating group) is 1. The first-order chi connectivity index (χ1) is 15.3. The van der Waals surface area contributed by atoms with Crippen molar-refractivity contribution in [3.8, 4) is 22.5 Å². The molecule has 0 radical (unpaired) electrons. The molecule has 1 saturated heterocycles. The fourth-order valence-electron chi connectivity index (χ4n) is 4.43. The van der Waals surface area contributed by atoms with Gasteiger partial charge in [-0.1, -0.05) is 42.8 Å². The van der Waals surface area contributed by atoms with E-state index < -0.39 is 0 Å². The highest BCUT2D eigenvalue weighted by atomic mass is 15.2. The molecule has 0 unspecified atom stereocenters. The van der Waals surface area contributed by atoms with E-state index in [-0.39, 0.29) is 0 Å². The Morgan fingerprint density at radius 3 is 2.35 bits per heavy atom. The van der Waals surface area contributed by atoms with Crippen molar-refractivity contribution >= 4 is 16.7 Å². The summed E-state index contributed by atoms with van der Waals surface area (Å²) in [5, 5.41) is 0. The van der Waals surface area contributed by atoms with Crippen LogP contribution >= 0.6 is 0 Å². The number of anilines is 1. The lowest BCUT2D eigenvalue weighted by Crippen LogP contribution is -2.36. The topological polar surface area (TPSA) is 35.2 Å². The number of fused-ring (bicyclic) bond motifs is 1. The number of aromatic amines is 1. The molecule has 2 heterocycles. The normalized spacial score (nSPS) is 14.7. The molecule has 0 atom stereocenters. The molecule has 31 heavy (non-hydrogen) atoms. The van der Waals surface area contributed by atoms with Crippen LogP contribution in [0.25, 0.3) is 33.5 Å². The number of imidazole rings is 1. The molecule has 4 heteroatoms. The van der Waals surface area contributed by atoms with Crippen molar-refractivity contribution in [2.24, 2.45) is 0 Å². The van der Waals surface area contributed by atoms with Gasteiger partial charge in [0.05, 0.1) is 11.0 Å². The minimum atomic E-state index is 0.919. The second kappa shape index (κ2) is 8.94. The molecule has 1 aliphatic heterocycles. The summed E-state index contributed by atoms with van der Waals surface area (Å²) in [6.45, 7) is 4.72. The number of rotatable bonds is 6. The van der Waals surface area contributed by atoms with E-state index in [9.17, 15) is 0 Å². The number of nitrogens with zero attached hydrogens (tertiary/aromatic N) is 3. The van der Waals surface area contributed by atoms with E-state index in [0.717, 1.165) is 35.5 Å². The van der Waals surface area contributed by atoms with Gasteiger partial charge < -0.3 is 14.8 Å². The largest absolute Gasteiger partial charge is 0.373 e. The number of hydrogen-bond donors (Lipinski definition) is 1. The van der Waals surface area contributed by atoms with Crippen LogP contribution in [-0.2, 0) is 0 Å². The molecule has 4 nitrogen and oxygen atoms in total. The summed E-state index contributed by atoms with van der Waals surface area (Å²) in [5.74, 6) is 0.919. The summed E-state index contributed by atoms with van der Waals surface area (Å²) in [7, 11) is 2.19. The number of hydrogen-bond acceptors (Lipinski definition) is 3. The highest BCUT2D eigenvalue weighted by molar-refractivity contribution is 5.84. The lowest BCUT2D eigenvalue weighted by molar-refractivity contribution is 0.234. The molecule has 158 valence electrons. The predicted molar refractivity (Wildman–Crippen MR) is 131 cm³/mol. The van der Waals surface area contributed by atoms with Gasteiger partial charge in [-0.15, -0.1) is 0 Å². The first kappa shape index (κ1) is 19.8. The van der Waals surface area contributed by atoms with E-state index >= 15 is 0 Å². The van der Waals surface area contributed by atoms with Crippen LogP contribution in [-0.4, -0.2) is 48.1 Å². The third kappa shape index (κ3) is 4.49. The van der Waals surface area contributed by atoms with Crippen LogP contribution < -0.4 is 4.90 Å². The van der Waals surface area contributed by atoms with Crippen molar-refractivity contribution in [1.29, 1.82) is 0 Å². The minimum Gasteiger partial charge on any atom is -0.373 e. The van der Waals surface area contributed by atoms with Gasteiger partial charge in [0.25, 0.3) is 0 Å². The first-order valence-corrected chi connectivity index (χ1v) is 11.4. The van der Waals surface area contributed by atoms with E-state index in [1.54, 1.807) is 0 Å². The minimum absolute atomic E-state index is 0.919. The molecule has 3 aromatic carbocycles. The number of benzene rings is 3. The fraction of sp³-hybridized carbons (Fsp3) is 0.296. The molecule has 1 fully saturated rings. The van der Waals surface area contributed by atoms with Crippen molar-refractivity contribution in [2.75, 3.05) is 38.1 Å². The Bertz CT molecular complexity index is 1130. The second-order valence-corrected chi connectivity index (χ2v) is 8.55. The maximum atomic E-state index is 4.81. The van der Waals surface area contributed by atoms with Gasteiger partial charge >= 0.3 is 0 Å². The Morgan fingerprint density at radius 2 is 1.58 bits per heavy atom. The molecule has 4 aromatic rings. The van der Waals surface area contributed by atoms with Crippen LogP contribution in [0.2, 0.25) is 0 Å². The molecule has 0 amide bonds.